The molecule has 0 unspecified atom stereocenters. The van der Waals surface area contributed by atoms with Crippen LogP contribution in [0, 0.1) is 0 Å². The van der Waals surface area contributed by atoms with Crippen LogP contribution < -0.4 is 9.47 Å². The molecule has 154 valence electrons. The predicted molar refractivity (Wildman–Crippen MR) is 108 cm³/mol. The smallest absolute Gasteiger partial charge is 0.254 e. The van der Waals surface area contributed by atoms with Crippen LogP contribution in [0.25, 0.3) is 0 Å². The zero-order valence-corrected chi connectivity index (χ0v) is 16.8. The van der Waals surface area contributed by atoms with Crippen molar-refractivity contribution < 1.29 is 19.0 Å². The Kier molecular flexibility index (Phi) is 6.27. The van der Waals surface area contributed by atoms with E-state index in [1.165, 1.54) is 5.56 Å². The summed E-state index contributed by atoms with van der Waals surface area (Å²) in [4.78, 5) is 21.8. The summed E-state index contributed by atoms with van der Waals surface area (Å²) in [5.74, 6) is 1.34. The fourth-order valence-electron chi connectivity index (χ4n) is 3.97. The Bertz CT molecular complexity index is 822. The van der Waals surface area contributed by atoms with E-state index in [0.717, 1.165) is 32.5 Å². The highest BCUT2D eigenvalue weighted by Crippen LogP contribution is 2.33. The van der Waals surface area contributed by atoms with E-state index in [1.54, 1.807) is 19.2 Å². The molecule has 3 heterocycles. The normalized spacial score (nSPS) is 16.7. The van der Waals surface area contributed by atoms with Gasteiger partial charge in [-0.3, -0.25) is 14.7 Å². The fraction of sp³-hybridized carbons (Fsp3) is 0.455. The van der Waals surface area contributed by atoms with E-state index < -0.39 is 0 Å². The number of hydrogen-bond donors (Lipinski definition) is 0. The number of carbonyl (C=O) groups is 1. The lowest BCUT2D eigenvalue weighted by Gasteiger charge is -2.38. The van der Waals surface area contributed by atoms with Crippen molar-refractivity contribution in [3.63, 3.8) is 0 Å². The number of likely N-dealkylation sites (tertiary alicyclic amines) is 1. The molecule has 0 radical (unpaired) electrons. The maximum atomic E-state index is 13.3. The van der Waals surface area contributed by atoms with Crippen molar-refractivity contribution in [2.75, 3.05) is 40.1 Å². The molecule has 2 aliphatic heterocycles. The van der Waals surface area contributed by atoms with Gasteiger partial charge in [-0.2, -0.15) is 0 Å². The highest BCUT2D eigenvalue weighted by molar-refractivity contribution is 5.95. The topological polar surface area (TPSA) is 64.1 Å². The van der Waals surface area contributed by atoms with Gasteiger partial charge in [0.25, 0.3) is 5.91 Å². The molecule has 0 spiro atoms. The monoisotopic (exact) mass is 397 g/mol. The minimum atomic E-state index is 0.0212. The van der Waals surface area contributed by atoms with Crippen molar-refractivity contribution in [2.24, 2.45) is 0 Å². The summed E-state index contributed by atoms with van der Waals surface area (Å²) < 4.78 is 16.1. The Labute approximate surface area is 171 Å². The van der Waals surface area contributed by atoms with Gasteiger partial charge in [0.1, 0.15) is 0 Å². The van der Waals surface area contributed by atoms with Crippen molar-refractivity contribution >= 4 is 5.91 Å². The van der Waals surface area contributed by atoms with Crippen LogP contribution in [0.4, 0.5) is 0 Å². The molecule has 1 amide bonds. The summed E-state index contributed by atoms with van der Waals surface area (Å²) in [7, 11) is 1.67. The van der Waals surface area contributed by atoms with Crippen LogP contribution in [-0.2, 0) is 11.3 Å². The van der Waals surface area contributed by atoms with Crippen LogP contribution in [-0.4, -0.2) is 66.9 Å². The van der Waals surface area contributed by atoms with E-state index in [1.807, 2.05) is 23.4 Å². The number of carbonyl (C=O) groups excluding carboxylic acids is 1. The number of ether oxygens (including phenoxy) is 3. The summed E-state index contributed by atoms with van der Waals surface area (Å²) in [6.07, 6.45) is 5.56. The van der Waals surface area contributed by atoms with Gasteiger partial charge >= 0.3 is 0 Å². The number of pyridine rings is 1. The van der Waals surface area contributed by atoms with Crippen molar-refractivity contribution in [1.82, 2.24) is 14.8 Å². The van der Waals surface area contributed by atoms with E-state index in [2.05, 4.69) is 22.0 Å². The third-order valence-electron chi connectivity index (χ3n) is 5.57. The third kappa shape index (κ3) is 4.68. The minimum Gasteiger partial charge on any atom is -0.454 e. The molecular weight excluding hydrogens is 370 g/mol. The number of fused-ring (bicyclic) bond motifs is 1. The highest BCUT2D eigenvalue weighted by Gasteiger charge is 2.29. The van der Waals surface area contributed by atoms with Gasteiger partial charge in [-0.25, -0.2) is 0 Å². The van der Waals surface area contributed by atoms with E-state index >= 15 is 0 Å². The van der Waals surface area contributed by atoms with E-state index in [9.17, 15) is 4.79 Å². The minimum absolute atomic E-state index is 0.0212. The number of benzene rings is 1. The van der Waals surface area contributed by atoms with Gasteiger partial charge < -0.3 is 19.1 Å². The first kappa shape index (κ1) is 19.7. The number of nitrogens with zero attached hydrogens (tertiary/aromatic N) is 3. The SMILES string of the molecule is COCCN(C(=O)c1ccc2c(c1)OCO2)C1CCN(Cc2ccncc2)CC1. The average Bonchev–Trinajstić information content (AvgIpc) is 3.23. The lowest BCUT2D eigenvalue weighted by atomic mass is 10.0. The van der Waals surface area contributed by atoms with Gasteiger partial charge in [-0.15, -0.1) is 0 Å². The zero-order chi connectivity index (χ0) is 20.1. The van der Waals surface area contributed by atoms with Crippen molar-refractivity contribution in [1.29, 1.82) is 0 Å². The van der Waals surface area contributed by atoms with Gasteiger partial charge in [0.05, 0.1) is 6.61 Å². The van der Waals surface area contributed by atoms with Gasteiger partial charge in [0, 0.05) is 57.3 Å². The molecule has 1 aromatic heterocycles. The Morgan fingerprint density at radius 2 is 1.93 bits per heavy atom. The van der Waals surface area contributed by atoms with Gasteiger partial charge in [-0.05, 0) is 48.7 Å². The Morgan fingerprint density at radius 3 is 2.69 bits per heavy atom. The van der Waals surface area contributed by atoms with Crippen LogP contribution in [0.5, 0.6) is 11.5 Å². The summed E-state index contributed by atoms with van der Waals surface area (Å²) in [5, 5.41) is 0. The first-order valence-corrected chi connectivity index (χ1v) is 10.1. The maximum absolute atomic E-state index is 13.3. The van der Waals surface area contributed by atoms with Crippen molar-refractivity contribution in [3.05, 3.63) is 53.9 Å². The molecular formula is C22H27N3O4. The standard InChI is InChI=1S/C22H27N3O4/c1-27-13-12-25(22(26)18-2-3-20-21(14-18)29-16-28-20)19-6-10-24(11-7-19)15-17-4-8-23-9-5-17/h2-5,8-9,14,19H,6-7,10-13,15-16H2,1H3. The third-order valence-corrected chi connectivity index (χ3v) is 5.57. The number of amides is 1. The van der Waals surface area contributed by atoms with Gasteiger partial charge in [0.2, 0.25) is 6.79 Å². The first-order valence-electron chi connectivity index (χ1n) is 10.1. The first-order chi connectivity index (χ1) is 14.2. The summed E-state index contributed by atoms with van der Waals surface area (Å²) in [5.41, 5.74) is 1.90. The molecule has 4 rings (SSSR count). The number of methoxy groups -OCH3 is 1. The second kappa shape index (κ2) is 9.24. The molecule has 7 heteroatoms. The maximum Gasteiger partial charge on any atom is 0.254 e. The largest absolute Gasteiger partial charge is 0.454 e. The molecule has 29 heavy (non-hydrogen) atoms. The molecule has 0 bridgehead atoms. The van der Waals surface area contributed by atoms with Crippen LogP contribution >= 0.6 is 0 Å². The van der Waals surface area contributed by atoms with Crippen molar-refractivity contribution in [3.8, 4) is 11.5 Å². The molecule has 2 aromatic rings. The lowest BCUT2D eigenvalue weighted by Crippen LogP contribution is -2.48. The summed E-state index contributed by atoms with van der Waals surface area (Å²) in [6, 6.07) is 9.72. The van der Waals surface area contributed by atoms with E-state index in [0.29, 0.717) is 30.2 Å². The predicted octanol–water partition coefficient (Wildman–Crippen LogP) is 2.56. The Balaban J connectivity index is 1.41. The molecule has 1 aromatic carbocycles. The van der Waals surface area contributed by atoms with E-state index in [4.69, 9.17) is 14.2 Å². The number of piperidine rings is 1. The second-order valence-electron chi connectivity index (χ2n) is 7.42. The quantitative estimate of drug-likeness (QED) is 0.716. The lowest BCUT2D eigenvalue weighted by molar-refractivity contribution is 0.0478. The average molecular weight is 397 g/mol. The molecule has 0 saturated carbocycles. The second-order valence-corrected chi connectivity index (χ2v) is 7.42. The number of rotatable bonds is 7. The number of aromatic nitrogens is 1. The van der Waals surface area contributed by atoms with Gasteiger partial charge in [0.15, 0.2) is 11.5 Å². The van der Waals surface area contributed by atoms with Crippen molar-refractivity contribution in [2.45, 2.75) is 25.4 Å². The van der Waals surface area contributed by atoms with Crippen LogP contribution in [0.15, 0.2) is 42.7 Å². The molecule has 7 nitrogen and oxygen atoms in total. The molecule has 0 aliphatic carbocycles. The molecule has 1 fully saturated rings. The summed E-state index contributed by atoms with van der Waals surface area (Å²) in [6.45, 7) is 4.15. The van der Waals surface area contributed by atoms with Gasteiger partial charge in [-0.1, -0.05) is 0 Å². The van der Waals surface area contributed by atoms with E-state index in [-0.39, 0.29) is 18.7 Å². The highest BCUT2D eigenvalue weighted by atomic mass is 16.7. The zero-order valence-electron chi connectivity index (χ0n) is 16.8. The fourth-order valence-corrected chi connectivity index (χ4v) is 3.97. The Hall–Kier alpha value is -2.64. The molecule has 1 saturated heterocycles. The Morgan fingerprint density at radius 1 is 1.17 bits per heavy atom. The van der Waals surface area contributed by atoms with Crippen LogP contribution in [0.1, 0.15) is 28.8 Å². The summed E-state index contributed by atoms with van der Waals surface area (Å²) >= 11 is 0. The van der Waals surface area contributed by atoms with Crippen LogP contribution in [0.2, 0.25) is 0 Å². The van der Waals surface area contributed by atoms with Crippen LogP contribution in [0.3, 0.4) is 0 Å². The number of hydrogen-bond acceptors (Lipinski definition) is 6. The molecule has 2 aliphatic rings. The molecule has 0 N–H and O–H groups in total. The molecule has 0 atom stereocenters.